The van der Waals surface area contributed by atoms with Gasteiger partial charge in [-0.1, -0.05) is 90.6 Å². The van der Waals surface area contributed by atoms with E-state index in [1.165, 1.54) is 11.1 Å². The average Bonchev–Trinajstić information content (AvgIpc) is 3.42. The highest BCUT2D eigenvalue weighted by atomic mass is 32.2. The number of hydrogen-bond donors (Lipinski definition) is 0. The maximum absolute atomic E-state index is 13.0. The standard InChI is InChI=1S/C35H39N5O2S/c1-27-13-9-10-18-31(27)40-32(25-30-16-7-4-8-17-30)36-37-35(40)43-24-12-11-19-33(41)38-22-23-39(28(2)26-38)34(42)21-20-29-14-5-3-6-15-29/h3-10,13-18,20-21,28H,11-12,19,22-26H2,1-2H3. The van der Waals surface area contributed by atoms with Crippen LogP contribution in [0.25, 0.3) is 11.8 Å². The van der Waals surface area contributed by atoms with Crippen molar-refractivity contribution in [1.29, 1.82) is 0 Å². The molecule has 1 aliphatic heterocycles. The van der Waals surface area contributed by atoms with Gasteiger partial charge in [0.15, 0.2) is 5.16 Å². The van der Waals surface area contributed by atoms with Crippen molar-refractivity contribution in [2.24, 2.45) is 0 Å². The molecule has 1 unspecified atom stereocenters. The van der Waals surface area contributed by atoms with Gasteiger partial charge in [0, 0.05) is 50.3 Å². The number of piperazine rings is 1. The van der Waals surface area contributed by atoms with Crippen molar-refractivity contribution < 1.29 is 9.59 Å². The molecule has 222 valence electrons. The minimum atomic E-state index is -0.0148. The van der Waals surface area contributed by atoms with Crippen molar-refractivity contribution >= 4 is 29.7 Å². The Morgan fingerprint density at radius 1 is 0.907 bits per heavy atom. The van der Waals surface area contributed by atoms with E-state index in [1.54, 1.807) is 17.8 Å². The van der Waals surface area contributed by atoms with Crippen LogP contribution in [0.15, 0.2) is 96.2 Å². The van der Waals surface area contributed by atoms with Gasteiger partial charge in [-0.3, -0.25) is 14.2 Å². The molecule has 0 saturated carbocycles. The molecule has 2 heterocycles. The minimum absolute atomic E-state index is 0.00838. The Morgan fingerprint density at radius 3 is 2.37 bits per heavy atom. The second kappa shape index (κ2) is 14.8. The number of aryl methyl sites for hydroxylation is 1. The summed E-state index contributed by atoms with van der Waals surface area (Å²) >= 11 is 1.69. The quantitative estimate of drug-likeness (QED) is 0.118. The average molecular weight is 594 g/mol. The summed E-state index contributed by atoms with van der Waals surface area (Å²) in [5.41, 5.74) is 4.46. The molecule has 0 spiro atoms. The number of carbonyl (C=O) groups is 2. The Labute approximate surface area is 258 Å². The highest BCUT2D eigenvalue weighted by molar-refractivity contribution is 7.99. The van der Waals surface area contributed by atoms with Gasteiger partial charge < -0.3 is 9.80 Å². The molecule has 1 saturated heterocycles. The fourth-order valence-corrected chi connectivity index (χ4v) is 6.34. The summed E-state index contributed by atoms with van der Waals surface area (Å²) in [7, 11) is 0. The summed E-state index contributed by atoms with van der Waals surface area (Å²) in [5, 5.41) is 10.0. The fraction of sp³-hybridized carbons (Fsp3) is 0.314. The summed E-state index contributed by atoms with van der Waals surface area (Å²) in [6.07, 6.45) is 6.41. The van der Waals surface area contributed by atoms with Crippen LogP contribution in [-0.4, -0.2) is 67.8 Å². The number of carbonyl (C=O) groups excluding carboxylic acids is 2. The molecule has 0 aliphatic carbocycles. The first-order valence-electron chi connectivity index (χ1n) is 15.0. The van der Waals surface area contributed by atoms with E-state index < -0.39 is 0 Å². The maximum atomic E-state index is 13.0. The fourth-order valence-electron chi connectivity index (χ4n) is 5.38. The molecule has 5 rings (SSSR count). The molecule has 1 aliphatic rings. The molecule has 0 N–H and O–H groups in total. The minimum Gasteiger partial charge on any atom is -0.339 e. The highest BCUT2D eigenvalue weighted by Gasteiger charge is 2.28. The molecule has 1 aromatic heterocycles. The number of hydrogen-bond acceptors (Lipinski definition) is 5. The third-order valence-corrected chi connectivity index (χ3v) is 8.77. The van der Waals surface area contributed by atoms with Gasteiger partial charge in [0.2, 0.25) is 11.8 Å². The summed E-state index contributed by atoms with van der Waals surface area (Å²) in [4.78, 5) is 29.5. The molecule has 43 heavy (non-hydrogen) atoms. The molecule has 0 bridgehead atoms. The van der Waals surface area contributed by atoms with Crippen molar-refractivity contribution in [3.8, 4) is 5.69 Å². The first-order valence-corrected chi connectivity index (χ1v) is 16.0. The van der Waals surface area contributed by atoms with Gasteiger partial charge in [-0.25, -0.2) is 0 Å². The smallest absolute Gasteiger partial charge is 0.246 e. The molecule has 0 radical (unpaired) electrons. The van der Waals surface area contributed by atoms with E-state index in [2.05, 4.69) is 46.0 Å². The van der Waals surface area contributed by atoms with Crippen molar-refractivity contribution in [2.75, 3.05) is 25.4 Å². The van der Waals surface area contributed by atoms with E-state index in [0.29, 0.717) is 32.5 Å². The third-order valence-electron chi connectivity index (χ3n) is 7.76. The molecule has 1 fully saturated rings. The van der Waals surface area contributed by atoms with Crippen LogP contribution in [0.3, 0.4) is 0 Å². The van der Waals surface area contributed by atoms with E-state index in [-0.39, 0.29) is 17.9 Å². The van der Waals surface area contributed by atoms with Crippen LogP contribution in [0.1, 0.15) is 48.7 Å². The molecule has 7 nitrogen and oxygen atoms in total. The predicted molar refractivity (Wildman–Crippen MR) is 173 cm³/mol. The van der Waals surface area contributed by atoms with Crippen LogP contribution < -0.4 is 0 Å². The van der Waals surface area contributed by atoms with Gasteiger partial charge in [0.1, 0.15) is 5.82 Å². The zero-order valence-corrected chi connectivity index (χ0v) is 25.7. The number of para-hydroxylation sites is 1. The predicted octanol–water partition coefficient (Wildman–Crippen LogP) is 6.20. The lowest BCUT2D eigenvalue weighted by molar-refractivity contribution is -0.139. The Bertz CT molecular complexity index is 1540. The normalized spacial score (nSPS) is 15.3. The van der Waals surface area contributed by atoms with E-state index in [1.807, 2.05) is 83.5 Å². The van der Waals surface area contributed by atoms with Gasteiger partial charge in [-0.15, -0.1) is 10.2 Å². The SMILES string of the molecule is Cc1ccccc1-n1c(Cc2ccccc2)nnc1SCCCCC(=O)N1CCN(C(=O)C=Cc2ccccc2)C(C)C1. The Hall–Kier alpha value is -4.17. The van der Waals surface area contributed by atoms with E-state index >= 15 is 0 Å². The molecular formula is C35H39N5O2S. The molecule has 4 aromatic rings. The molecule has 1 atom stereocenters. The number of thioether (sulfide) groups is 1. The van der Waals surface area contributed by atoms with E-state index in [9.17, 15) is 9.59 Å². The van der Waals surface area contributed by atoms with Crippen LogP contribution in [0.2, 0.25) is 0 Å². The summed E-state index contributed by atoms with van der Waals surface area (Å²) < 4.78 is 2.18. The summed E-state index contributed by atoms with van der Waals surface area (Å²) in [5.74, 6) is 1.93. The molecule has 2 amide bonds. The van der Waals surface area contributed by atoms with Crippen LogP contribution in [0.5, 0.6) is 0 Å². The van der Waals surface area contributed by atoms with Crippen LogP contribution in [0.4, 0.5) is 0 Å². The summed E-state index contributed by atoms with van der Waals surface area (Å²) in [6.45, 7) is 5.83. The van der Waals surface area contributed by atoms with Crippen molar-refractivity contribution in [3.05, 3.63) is 114 Å². The number of rotatable bonds is 11. The lowest BCUT2D eigenvalue weighted by Crippen LogP contribution is -2.55. The number of unbranched alkanes of at least 4 members (excludes halogenated alkanes) is 1. The van der Waals surface area contributed by atoms with Gasteiger partial charge >= 0.3 is 0 Å². The number of aromatic nitrogens is 3. The zero-order valence-electron chi connectivity index (χ0n) is 24.9. The highest BCUT2D eigenvalue weighted by Crippen LogP contribution is 2.26. The monoisotopic (exact) mass is 593 g/mol. The second-order valence-electron chi connectivity index (χ2n) is 11.0. The van der Waals surface area contributed by atoms with Crippen molar-refractivity contribution in [1.82, 2.24) is 24.6 Å². The van der Waals surface area contributed by atoms with Crippen molar-refractivity contribution in [2.45, 2.75) is 50.7 Å². The van der Waals surface area contributed by atoms with Gasteiger partial charge in [-0.2, -0.15) is 0 Å². The van der Waals surface area contributed by atoms with E-state index in [4.69, 9.17) is 0 Å². The Balaban J connectivity index is 1.10. The Morgan fingerprint density at radius 2 is 1.63 bits per heavy atom. The first-order chi connectivity index (χ1) is 21.0. The summed E-state index contributed by atoms with van der Waals surface area (Å²) in [6, 6.07) is 28.5. The number of benzene rings is 3. The zero-order chi connectivity index (χ0) is 30.0. The van der Waals surface area contributed by atoms with E-state index in [0.717, 1.165) is 40.8 Å². The molecular weight excluding hydrogens is 554 g/mol. The third kappa shape index (κ3) is 8.02. The topological polar surface area (TPSA) is 71.3 Å². The van der Waals surface area contributed by atoms with Gasteiger partial charge in [-0.05, 0) is 55.5 Å². The lowest BCUT2D eigenvalue weighted by atomic mass is 10.1. The van der Waals surface area contributed by atoms with Gasteiger partial charge in [0.25, 0.3) is 0 Å². The van der Waals surface area contributed by atoms with Crippen LogP contribution in [0, 0.1) is 6.92 Å². The number of amides is 2. The number of nitrogens with zero attached hydrogens (tertiary/aromatic N) is 5. The van der Waals surface area contributed by atoms with Crippen LogP contribution >= 0.6 is 11.8 Å². The molecule has 8 heteroatoms. The lowest BCUT2D eigenvalue weighted by Gasteiger charge is -2.39. The van der Waals surface area contributed by atoms with Crippen LogP contribution in [-0.2, 0) is 16.0 Å². The molecule has 3 aromatic carbocycles. The second-order valence-corrected chi connectivity index (χ2v) is 12.0. The van der Waals surface area contributed by atoms with Crippen molar-refractivity contribution in [3.63, 3.8) is 0 Å². The van der Waals surface area contributed by atoms with Gasteiger partial charge in [0.05, 0.1) is 5.69 Å². The largest absolute Gasteiger partial charge is 0.339 e. The maximum Gasteiger partial charge on any atom is 0.246 e. The first kappa shape index (κ1) is 30.3. The Kier molecular flexibility index (Phi) is 10.4.